The molecule has 1 aromatic heterocycles. The molecule has 1 amide bonds. The normalized spacial score (nSPS) is 10.5. The van der Waals surface area contributed by atoms with Crippen LogP contribution >= 0.6 is 0 Å². The van der Waals surface area contributed by atoms with Gasteiger partial charge in [0, 0.05) is 6.54 Å². The van der Waals surface area contributed by atoms with Crippen molar-refractivity contribution in [3.05, 3.63) is 47.5 Å². The molecule has 0 aliphatic heterocycles. The first-order chi connectivity index (χ1) is 9.67. The van der Waals surface area contributed by atoms with Crippen molar-refractivity contribution in [1.29, 1.82) is 0 Å². The molecule has 0 spiro atoms. The molecule has 0 saturated heterocycles. The van der Waals surface area contributed by atoms with Gasteiger partial charge in [-0.05, 0) is 24.1 Å². The number of aromatic nitrogens is 3. The minimum Gasteiger partial charge on any atom is -0.390 e. The lowest BCUT2D eigenvalue weighted by Crippen LogP contribution is -2.29. The Morgan fingerprint density at radius 2 is 2.10 bits per heavy atom. The van der Waals surface area contributed by atoms with Gasteiger partial charge in [-0.1, -0.05) is 17.3 Å². The summed E-state index contributed by atoms with van der Waals surface area (Å²) in [4.78, 5) is 11.6. The van der Waals surface area contributed by atoms with Crippen LogP contribution in [0.25, 0.3) is 0 Å². The number of rotatable bonds is 6. The minimum atomic E-state index is -0.274. The number of carbonyl (C=O) groups is 1. The molecule has 0 aliphatic carbocycles. The van der Waals surface area contributed by atoms with Crippen molar-refractivity contribution < 1.29 is 14.3 Å². The summed E-state index contributed by atoms with van der Waals surface area (Å²) in [6.45, 7) is 0.314. The highest BCUT2D eigenvalue weighted by molar-refractivity contribution is 5.75. The lowest BCUT2D eigenvalue weighted by molar-refractivity contribution is -0.121. The van der Waals surface area contributed by atoms with Crippen molar-refractivity contribution >= 4 is 5.91 Å². The van der Waals surface area contributed by atoms with E-state index in [1.54, 1.807) is 12.1 Å². The summed E-state index contributed by atoms with van der Waals surface area (Å²) in [7, 11) is 0. The molecule has 0 aliphatic rings. The molecule has 1 aromatic carbocycles. The van der Waals surface area contributed by atoms with Gasteiger partial charge in [-0.2, -0.15) is 0 Å². The predicted octanol–water partition coefficient (Wildman–Crippen LogP) is 0.268. The Labute approximate surface area is 115 Å². The van der Waals surface area contributed by atoms with Gasteiger partial charge in [0.1, 0.15) is 18.1 Å². The number of nitrogens with one attached hydrogen (secondary N) is 1. The Bertz CT molecular complexity index is 568. The average molecular weight is 278 g/mol. The van der Waals surface area contributed by atoms with Crippen LogP contribution in [0.1, 0.15) is 11.3 Å². The second kappa shape index (κ2) is 6.76. The highest BCUT2D eigenvalue weighted by Gasteiger charge is 2.05. The van der Waals surface area contributed by atoms with Crippen molar-refractivity contribution in [3.8, 4) is 0 Å². The SMILES string of the molecule is O=C(Cn1cc(CO)nn1)NCCc1ccc(F)cc1. The second-order valence-electron chi connectivity index (χ2n) is 4.29. The van der Waals surface area contributed by atoms with E-state index in [1.165, 1.54) is 23.0 Å². The third-order valence-electron chi connectivity index (χ3n) is 2.70. The van der Waals surface area contributed by atoms with E-state index in [9.17, 15) is 9.18 Å². The van der Waals surface area contributed by atoms with Crippen molar-refractivity contribution in [2.45, 2.75) is 19.6 Å². The van der Waals surface area contributed by atoms with Crippen LogP contribution in [-0.4, -0.2) is 32.6 Å². The first kappa shape index (κ1) is 14.1. The van der Waals surface area contributed by atoms with E-state index in [-0.39, 0.29) is 24.9 Å². The van der Waals surface area contributed by atoms with E-state index in [2.05, 4.69) is 15.6 Å². The summed E-state index contributed by atoms with van der Waals surface area (Å²) < 4.78 is 14.1. The number of aliphatic hydroxyl groups excluding tert-OH is 1. The molecule has 1 heterocycles. The van der Waals surface area contributed by atoms with E-state index in [0.29, 0.717) is 18.7 Å². The van der Waals surface area contributed by atoms with Crippen LogP contribution in [0.15, 0.2) is 30.5 Å². The quantitative estimate of drug-likeness (QED) is 0.795. The molecule has 106 valence electrons. The molecular weight excluding hydrogens is 263 g/mol. The van der Waals surface area contributed by atoms with E-state index < -0.39 is 0 Å². The number of benzene rings is 1. The number of hydrogen-bond acceptors (Lipinski definition) is 4. The zero-order valence-corrected chi connectivity index (χ0v) is 10.8. The van der Waals surface area contributed by atoms with Gasteiger partial charge in [0.05, 0.1) is 12.8 Å². The zero-order valence-electron chi connectivity index (χ0n) is 10.8. The topological polar surface area (TPSA) is 80.0 Å². The first-order valence-electron chi connectivity index (χ1n) is 6.18. The van der Waals surface area contributed by atoms with E-state index in [4.69, 9.17) is 5.11 Å². The molecule has 0 atom stereocenters. The summed E-state index contributed by atoms with van der Waals surface area (Å²) in [5.41, 5.74) is 1.37. The van der Waals surface area contributed by atoms with Crippen LogP contribution < -0.4 is 5.32 Å². The number of amides is 1. The molecule has 20 heavy (non-hydrogen) atoms. The number of carbonyl (C=O) groups excluding carboxylic acids is 1. The predicted molar refractivity (Wildman–Crippen MR) is 69.1 cm³/mol. The fourth-order valence-corrected chi connectivity index (χ4v) is 1.69. The molecule has 7 heteroatoms. The number of nitrogens with zero attached hydrogens (tertiary/aromatic N) is 3. The van der Waals surface area contributed by atoms with Crippen LogP contribution in [0.3, 0.4) is 0 Å². The summed E-state index contributed by atoms with van der Waals surface area (Å²) in [5.74, 6) is -0.467. The van der Waals surface area contributed by atoms with E-state index in [1.807, 2.05) is 0 Å². The molecule has 0 fully saturated rings. The largest absolute Gasteiger partial charge is 0.390 e. The second-order valence-corrected chi connectivity index (χ2v) is 4.29. The van der Waals surface area contributed by atoms with Gasteiger partial charge >= 0.3 is 0 Å². The maximum atomic E-state index is 12.7. The average Bonchev–Trinajstić information content (AvgIpc) is 2.88. The Morgan fingerprint density at radius 3 is 2.75 bits per heavy atom. The van der Waals surface area contributed by atoms with Crippen molar-refractivity contribution in [1.82, 2.24) is 20.3 Å². The third-order valence-corrected chi connectivity index (χ3v) is 2.70. The highest BCUT2D eigenvalue weighted by atomic mass is 19.1. The fourth-order valence-electron chi connectivity index (χ4n) is 1.69. The maximum absolute atomic E-state index is 12.7. The number of halogens is 1. The molecule has 2 rings (SSSR count). The first-order valence-corrected chi connectivity index (χ1v) is 6.18. The Morgan fingerprint density at radius 1 is 1.35 bits per heavy atom. The van der Waals surface area contributed by atoms with Crippen LogP contribution in [0.2, 0.25) is 0 Å². The van der Waals surface area contributed by atoms with Crippen molar-refractivity contribution in [2.75, 3.05) is 6.54 Å². The van der Waals surface area contributed by atoms with Gasteiger partial charge in [0.2, 0.25) is 5.91 Å². The van der Waals surface area contributed by atoms with Gasteiger partial charge in [-0.15, -0.1) is 5.10 Å². The lowest BCUT2D eigenvalue weighted by atomic mass is 10.1. The van der Waals surface area contributed by atoms with Crippen LogP contribution in [0.5, 0.6) is 0 Å². The van der Waals surface area contributed by atoms with E-state index >= 15 is 0 Å². The Hall–Kier alpha value is -2.28. The number of aliphatic hydroxyl groups is 1. The maximum Gasteiger partial charge on any atom is 0.241 e. The molecule has 0 unspecified atom stereocenters. The molecule has 6 nitrogen and oxygen atoms in total. The molecule has 0 saturated carbocycles. The lowest BCUT2D eigenvalue weighted by Gasteiger charge is -2.05. The molecule has 2 N–H and O–H groups in total. The smallest absolute Gasteiger partial charge is 0.241 e. The molecular formula is C13H15FN4O2. The summed E-state index contributed by atoms with van der Waals surface area (Å²) in [6.07, 6.45) is 2.14. The monoisotopic (exact) mass is 278 g/mol. The van der Waals surface area contributed by atoms with Gasteiger partial charge in [-0.3, -0.25) is 4.79 Å². The Balaban J connectivity index is 1.73. The van der Waals surface area contributed by atoms with Gasteiger partial charge in [-0.25, -0.2) is 9.07 Å². The van der Waals surface area contributed by atoms with Crippen molar-refractivity contribution in [2.24, 2.45) is 0 Å². The molecule has 0 bridgehead atoms. The van der Waals surface area contributed by atoms with Crippen LogP contribution in [-0.2, 0) is 24.4 Å². The van der Waals surface area contributed by atoms with Gasteiger partial charge in [0.25, 0.3) is 0 Å². The summed E-state index contributed by atoms with van der Waals surface area (Å²) in [6, 6.07) is 6.16. The zero-order chi connectivity index (χ0) is 14.4. The van der Waals surface area contributed by atoms with Crippen molar-refractivity contribution in [3.63, 3.8) is 0 Å². The molecule has 2 aromatic rings. The summed E-state index contributed by atoms with van der Waals surface area (Å²) in [5, 5.41) is 18.9. The highest BCUT2D eigenvalue weighted by Crippen LogP contribution is 2.02. The van der Waals surface area contributed by atoms with Gasteiger partial charge < -0.3 is 10.4 Å². The fraction of sp³-hybridized carbons (Fsp3) is 0.308. The van der Waals surface area contributed by atoms with Gasteiger partial charge in [0.15, 0.2) is 0 Å². The standard InChI is InChI=1S/C13H15FN4O2/c14-11-3-1-10(2-4-11)5-6-15-13(20)8-18-7-12(9-19)16-17-18/h1-4,7,19H,5-6,8-9H2,(H,15,20). The third kappa shape index (κ3) is 4.13. The Kier molecular flexibility index (Phi) is 4.78. The van der Waals surface area contributed by atoms with Crippen LogP contribution in [0, 0.1) is 5.82 Å². The molecule has 0 radical (unpaired) electrons. The van der Waals surface area contributed by atoms with Crippen LogP contribution in [0.4, 0.5) is 4.39 Å². The minimum absolute atomic E-state index is 0.0520. The number of hydrogen-bond donors (Lipinski definition) is 2. The van der Waals surface area contributed by atoms with E-state index in [0.717, 1.165) is 5.56 Å². The summed E-state index contributed by atoms with van der Waals surface area (Å²) >= 11 is 0.